The van der Waals surface area contributed by atoms with Crippen molar-refractivity contribution in [3.8, 4) is 0 Å². The van der Waals surface area contributed by atoms with E-state index in [0.29, 0.717) is 0 Å². The molecule has 26 heavy (non-hydrogen) atoms. The SMILES string of the molecule is C/C=C\C=C/CC(c1ccccc1)(c1ccccc1)c1ccc(I)cc1. The predicted octanol–water partition coefficient (Wildman–Crippen LogP) is 7.15. The lowest BCUT2D eigenvalue weighted by atomic mass is 9.67. The molecule has 0 unspecified atom stereocenters. The van der Waals surface area contributed by atoms with E-state index in [4.69, 9.17) is 0 Å². The lowest BCUT2D eigenvalue weighted by molar-refractivity contribution is 0.627. The minimum Gasteiger partial charge on any atom is -0.0877 e. The van der Waals surface area contributed by atoms with Crippen LogP contribution in [0.15, 0.2) is 109 Å². The van der Waals surface area contributed by atoms with Gasteiger partial charge in [-0.05, 0) is 64.8 Å². The van der Waals surface area contributed by atoms with Crippen LogP contribution < -0.4 is 0 Å². The van der Waals surface area contributed by atoms with Gasteiger partial charge in [0.15, 0.2) is 0 Å². The fraction of sp³-hybridized carbons (Fsp3) is 0.120. The second kappa shape index (κ2) is 9.00. The first kappa shape index (κ1) is 18.7. The number of rotatable bonds is 6. The highest BCUT2D eigenvalue weighted by Crippen LogP contribution is 2.42. The molecule has 3 aromatic carbocycles. The minimum atomic E-state index is -0.203. The van der Waals surface area contributed by atoms with Gasteiger partial charge in [0.1, 0.15) is 0 Å². The monoisotopic (exact) mass is 450 g/mol. The summed E-state index contributed by atoms with van der Waals surface area (Å²) in [7, 11) is 0. The van der Waals surface area contributed by atoms with Gasteiger partial charge in [0.05, 0.1) is 0 Å². The first-order valence-corrected chi connectivity index (χ1v) is 10.00. The summed E-state index contributed by atoms with van der Waals surface area (Å²) in [5.41, 5.74) is 3.75. The standard InChI is InChI=1S/C25H23I/c1-2-3-4-11-20-25(21-12-7-5-8-13-21,22-14-9-6-10-15-22)23-16-18-24(26)19-17-23/h2-19H,20H2,1H3/b3-2-,11-4-. The first-order chi connectivity index (χ1) is 12.8. The van der Waals surface area contributed by atoms with Gasteiger partial charge in [-0.1, -0.05) is 97.1 Å². The van der Waals surface area contributed by atoms with Gasteiger partial charge in [0.25, 0.3) is 0 Å². The van der Waals surface area contributed by atoms with Crippen molar-refractivity contribution in [2.24, 2.45) is 0 Å². The van der Waals surface area contributed by atoms with Gasteiger partial charge < -0.3 is 0 Å². The Balaban J connectivity index is 2.24. The van der Waals surface area contributed by atoms with Crippen LogP contribution in [-0.4, -0.2) is 0 Å². The van der Waals surface area contributed by atoms with E-state index in [9.17, 15) is 0 Å². The topological polar surface area (TPSA) is 0 Å². The second-order valence-electron chi connectivity index (χ2n) is 6.30. The molecular weight excluding hydrogens is 427 g/mol. The molecule has 0 spiro atoms. The van der Waals surface area contributed by atoms with Crippen LogP contribution in [-0.2, 0) is 5.41 Å². The van der Waals surface area contributed by atoms with Crippen molar-refractivity contribution < 1.29 is 0 Å². The molecule has 0 aliphatic rings. The van der Waals surface area contributed by atoms with Crippen LogP contribution in [0.5, 0.6) is 0 Å². The van der Waals surface area contributed by atoms with Crippen molar-refractivity contribution in [1.29, 1.82) is 0 Å². The Morgan fingerprint density at radius 1 is 0.692 bits per heavy atom. The molecule has 1 heteroatoms. The van der Waals surface area contributed by atoms with Crippen LogP contribution in [0.25, 0.3) is 0 Å². The second-order valence-corrected chi connectivity index (χ2v) is 7.55. The smallest absolute Gasteiger partial charge is 0.0485 e. The number of halogens is 1. The minimum absolute atomic E-state index is 0.203. The van der Waals surface area contributed by atoms with Gasteiger partial charge in [-0.3, -0.25) is 0 Å². The van der Waals surface area contributed by atoms with E-state index in [0.717, 1.165) is 6.42 Å². The highest BCUT2D eigenvalue weighted by molar-refractivity contribution is 14.1. The third kappa shape index (κ3) is 3.99. The maximum Gasteiger partial charge on any atom is 0.0485 e. The Hall–Kier alpha value is -2.13. The third-order valence-corrected chi connectivity index (χ3v) is 5.45. The summed E-state index contributed by atoms with van der Waals surface area (Å²) >= 11 is 2.37. The Labute approximate surface area is 170 Å². The molecule has 3 aromatic rings. The third-order valence-electron chi connectivity index (χ3n) is 4.73. The summed E-state index contributed by atoms with van der Waals surface area (Å²) in [6.45, 7) is 2.05. The van der Waals surface area contributed by atoms with Gasteiger partial charge >= 0.3 is 0 Å². The van der Waals surface area contributed by atoms with Crippen LogP contribution >= 0.6 is 22.6 Å². The number of hydrogen-bond acceptors (Lipinski definition) is 0. The molecule has 0 aliphatic heterocycles. The summed E-state index contributed by atoms with van der Waals surface area (Å²) in [5, 5.41) is 0. The van der Waals surface area contributed by atoms with E-state index in [1.807, 2.05) is 6.92 Å². The van der Waals surface area contributed by atoms with E-state index >= 15 is 0 Å². The Morgan fingerprint density at radius 3 is 1.69 bits per heavy atom. The maximum atomic E-state index is 2.37. The molecule has 0 saturated carbocycles. The van der Waals surface area contributed by atoms with Crippen LogP contribution in [0.4, 0.5) is 0 Å². The van der Waals surface area contributed by atoms with Crippen LogP contribution in [0.2, 0.25) is 0 Å². The fourth-order valence-corrected chi connectivity index (χ4v) is 3.83. The van der Waals surface area contributed by atoms with E-state index < -0.39 is 0 Å². The molecule has 0 atom stereocenters. The van der Waals surface area contributed by atoms with E-state index in [2.05, 4.69) is 132 Å². The van der Waals surface area contributed by atoms with Gasteiger partial charge in [-0.15, -0.1) is 0 Å². The highest BCUT2D eigenvalue weighted by Gasteiger charge is 2.34. The van der Waals surface area contributed by atoms with Gasteiger partial charge in [-0.2, -0.15) is 0 Å². The normalized spacial score (nSPS) is 12.1. The van der Waals surface area contributed by atoms with Crippen molar-refractivity contribution in [2.75, 3.05) is 0 Å². The molecule has 0 heterocycles. The Kier molecular flexibility index (Phi) is 6.45. The van der Waals surface area contributed by atoms with Crippen molar-refractivity contribution in [3.05, 3.63) is 129 Å². The lowest BCUT2D eigenvalue weighted by Gasteiger charge is -2.35. The Morgan fingerprint density at radius 2 is 1.19 bits per heavy atom. The quantitative estimate of drug-likeness (QED) is 0.213. The molecule has 130 valence electrons. The zero-order valence-corrected chi connectivity index (χ0v) is 17.1. The first-order valence-electron chi connectivity index (χ1n) is 8.92. The molecule has 0 bridgehead atoms. The maximum absolute atomic E-state index is 2.37. The van der Waals surface area contributed by atoms with Gasteiger partial charge in [0, 0.05) is 8.99 Å². The molecule has 0 aliphatic carbocycles. The predicted molar refractivity (Wildman–Crippen MR) is 120 cm³/mol. The van der Waals surface area contributed by atoms with Crippen molar-refractivity contribution in [2.45, 2.75) is 18.8 Å². The van der Waals surface area contributed by atoms with Crippen molar-refractivity contribution >= 4 is 22.6 Å². The van der Waals surface area contributed by atoms with Gasteiger partial charge in [-0.25, -0.2) is 0 Å². The van der Waals surface area contributed by atoms with Crippen molar-refractivity contribution in [3.63, 3.8) is 0 Å². The molecule has 0 nitrogen and oxygen atoms in total. The molecular formula is C25H23I. The zero-order chi connectivity index (χ0) is 18.2. The van der Waals surface area contributed by atoms with E-state index in [-0.39, 0.29) is 5.41 Å². The van der Waals surface area contributed by atoms with E-state index in [1.54, 1.807) is 0 Å². The fourth-order valence-electron chi connectivity index (χ4n) is 3.47. The van der Waals surface area contributed by atoms with Crippen molar-refractivity contribution in [1.82, 2.24) is 0 Å². The zero-order valence-electron chi connectivity index (χ0n) is 15.0. The molecule has 0 amide bonds. The van der Waals surface area contributed by atoms with Gasteiger partial charge in [0.2, 0.25) is 0 Å². The van der Waals surface area contributed by atoms with Crippen LogP contribution in [0.1, 0.15) is 30.0 Å². The van der Waals surface area contributed by atoms with Crippen LogP contribution in [0, 0.1) is 3.57 Å². The Bertz CT molecular complexity index is 820. The van der Waals surface area contributed by atoms with Crippen LogP contribution in [0.3, 0.4) is 0 Å². The average Bonchev–Trinajstić information content (AvgIpc) is 2.71. The summed E-state index contributed by atoms with van der Waals surface area (Å²) in [5.74, 6) is 0. The molecule has 0 aromatic heterocycles. The molecule has 0 N–H and O–H groups in total. The number of allylic oxidation sites excluding steroid dienone is 4. The molecule has 3 rings (SSSR count). The average molecular weight is 450 g/mol. The summed E-state index contributed by atoms with van der Waals surface area (Å²) in [6.07, 6.45) is 9.49. The van der Waals surface area contributed by atoms with E-state index in [1.165, 1.54) is 20.3 Å². The summed E-state index contributed by atoms with van der Waals surface area (Å²) < 4.78 is 1.26. The molecule has 0 fully saturated rings. The molecule has 0 saturated heterocycles. The number of hydrogen-bond donors (Lipinski definition) is 0. The summed E-state index contributed by atoms with van der Waals surface area (Å²) in [4.78, 5) is 0. The lowest BCUT2D eigenvalue weighted by Crippen LogP contribution is -2.28. The number of benzene rings is 3. The molecule has 0 radical (unpaired) electrons. The highest BCUT2D eigenvalue weighted by atomic mass is 127. The summed E-state index contributed by atoms with van der Waals surface area (Å²) in [6, 6.07) is 30.6. The largest absolute Gasteiger partial charge is 0.0877 e.